The molecule has 0 unspecified atom stereocenters. The molecule has 0 aliphatic carbocycles. The van der Waals surface area contributed by atoms with Crippen molar-refractivity contribution in [2.24, 2.45) is 0 Å². The van der Waals surface area contributed by atoms with Crippen molar-refractivity contribution >= 4 is 123 Å². The maximum Gasteiger partial charge on any atom is 0.252 e. The number of para-hydroxylation sites is 6. The monoisotopic (exact) mass is 1070 g/mol. The maximum absolute atomic E-state index is 2.62. The Hall–Kier alpha value is -11.1. The van der Waals surface area contributed by atoms with Crippen molar-refractivity contribution in [2.45, 2.75) is 0 Å². The van der Waals surface area contributed by atoms with Crippen LogP contribution in [0.15, 0.2) is 303 Å². The van der Waals surface area contributed by atoms with Crippen molar-refractivity contribution in [1.29, 1.82) is 0 Å². The van der Waals surface area contributed by atoms with Crippen LogP contribution in [-0.4, -0.2) is 20.4 Å². The lowest BCUT2D eigenvalue weighted by molar-refractivity contribution is 1.15. The second kappa shape index (κ2) is 18.2. The minimum absolute atomic E-state index is 0.165. The predicted octanol–water partition coefficient (Wildman–Crippen LogP) is 18.4. The number of fused-ring (bicyclic) bond motifs is 14. The van der Waals surface area contributed by atoms with Gasteiger partial charge in [0.05, 0.1) is 44.5 Å². The second-order valence-electron chi connectivity index (χ2n) is 22.4. The molecule has 5 nitrogen and oxygen atoms in total. The van der Waals surface area contributed by atoms with Gasteiger partial charge in [0.2, 0.25) is 0 Å². The molecule has 0 fully saturated rings. The van der Waals surface area contributed by atoms with Crippen LogP contribution in [0.4, 0.5) is 34.1 Å². The average Bonchev–Trinajstić information content (AvgIpc) is 2.62. The summed E-state index contributed by atoms with van der Waals surface area (Å²) in [6.07, 6.45) is 0. The lowest BCUT2D eigenvalue weighted by atomic mass is 9.33. The molecular formula is C78H50BN5. The van der Waals surface area contributed by atoms with E-state index in [1.165, 1.54) is 93.2 Å². The number of hydrogen-bond donors (Lipinski definition) is 0. The molecule has 13 aromatic carbocycles. The Morgan fingerprint density at radius 1 is 0.226 bits per heavy atom. The first-order chi connectivity index (χ1) is 41.7. The number of rotatable bonds is 7. The van der Waals surface area contributed by atoms with Gasteiger partial charge in [-0.15, -0.1) is 0 Å². The van der Waals surface area contributed by atoms with E-state index in [2.05, 4.69) is 327 Å². The molecule has 0 amide bonds. The Morgan fingerprint density at radius 2 is 0.595 bits per heavy atom. The maximum atomic E-state index is 2.62. The highest BCUT2D eigenvalue weighted by atomic mass is 15.2. The summed E-state index contributed by atoms with van der Waals surface area (Å²) in [5, 5.41) is 7.35. The van der Waals surface area contributed by atoms with Gasteiger partial charge >= 0.3 is 0 Å². The second-order valence-corrected chi connectivity index (χ2v) is 22.4. The fraction of sp³-hybridized carbons (Fsp3) is 0. The summed E-state index contributed by atoms with van der Waals surface area (Å²) in [5.41, 5.74) is 25.6. The first-order valence-corrected chi connectivity index (χ1v) is 29.0. The third-order valence-corrected chi connectivity index (χ3v) is 18.0. The van der Waals surface area contributed by atoms with E-state index in [0.717, 1.165) is 62.0 Å². The molecule has 16 aromatic rings. The van der Waals surface area contributed by atoms with Gasteiger partial charge in [0.15, 0.2) is 0 Å². The van der Waals surface area contributed by atoms with Crippen molar-refractivity contribution in [3.05, 3.63) is 303 Å². The van der Waals surface area contributed by atoms with E-state index in [0.29, 0.717) is 0 Å². The zero-order valence-electron chi connectivity index (χ0n) is 45.7. The molecule has 0 N–H and O–H groups in total. The minimum atomic E-state index is -0.165. The van der Waals surface area contributed by atoms with Crippen molar-refractivity contribution in [3.8, 4) is 39.3 Å². The Bertz CT molecular complexity index is 5210. The summed E-state index contributed by atoms with van der Waals surface area (Å²) in [6, 6.07) is 113. The topological polar surface area (TPSA) is 21.3 Å². The van der Waals surface area contributed by atoms with Gasteiger partial charge in [0, 0.05) is 72.1 Å². The number of anilines is 6. The molecular weight excluding hydrogens is 1020 g/mol. The highest BCUT2D eigenvalue weighted by molar-refractivity contribution is 7.00. The highest BCUT2D eigenvalue weighted by Crippen LogP contribution is 2.50. The normalized spacial score (nSPS) is 12.7. The van der Waals surface area contributed by atoms with E-state index in [4.69, 9.17) is 0 Å². The van der Waals surface area contributed by atoms with Crippen LogP contribution in [0, 0.1) is 0 Å². The van der Waals surface area contributed by atoms with Gasteiger partial charge in [-0.05, 0) is 136 Å². The third-order valence-electron chi connectivity index (χ3n) is 18.0. The first kappa shape index (κ1) is 46.7. The summed E-state index contributed by atoms with van der Waals surface area (Å²) >= 11 is 0. The van der Waals surface area contributed by atoms with Gasteiger partial charge in [0.25, 0.3) is 6.71 Å². The van der Waals surface area contributed by atoms with E-state index in [1.807, 2.05) is 0 Å². The number of nitrogens with zero attached hydrogens (tertiary/aromatic N) is 5. The molecule has 2 aliphatic heterocycles. The molecule has 0 bridgehead atoms. The molecule has 390 valence electrons. The molecule has 0 saturated heterocycles. The summed E-state index contributed by atoms with van der Waals surface area (Å²) in [6.45, 7) is -0.165. The van der Waals surface area contributed by atoms with Crippen molar-refractivity contribution < 1.29 is 0 Å². The van der Waals surface area contributed by atoms with E-state index in [1.54, 1.807) is 0 Å². The summed E-state index contributed by atoms with van der Waals surface area (Å²) < 4.78 is 7.44. The largest absolute Gasteiger partial charge is 0.311 e. The van der Waals surface area contributed by atoms with Gasteiger partial charge in [-0.1, -0.05) is 206 Å². The molecule has 0 atom stereocenters. The zero-order valence-corrected chi connectivity index (χ0v) is 45.7. The Labute approximate surface area is 486 Å². The van der Waals surface area contributed by atoms with Crippen LogP contribution in [0.25, 0.3) is 105 Å². The smallest absolute Gasteiger partial charge is 0.252 e. The minimum Gasteiger partial charge on any atom is -0.311 e. The SMILES string of the molecule is c1ccc(-c2ccc(N3c4cc(-n5c6ccccc6c6ccccc65)ccc4B4c5ccc6c(c5N(c5ccc(-c7ccccc7)cc5)c5cc(-n7c8ccccc8c8ccccc87)cc3c54)c3ccccc3n6-c3ccccc3)cc2)cc1. The van der Waals surface area contributed by atoms with Crippen molar-refractivity contribution in [3.63, 3.8) is 0 Å². The van der Waals surface area contributed by atoms with Gasteiger partial charge in [-0.3, -0.25) is 0 Å². The average molecular weight is 1070 g/mol. The van der Waals surface area contributed by atoms with Gasteiger partial charge < -0.3 is 23.5 Å². The van der Waals surface area contributed by atoms with Gasteiger partial charge in [-0.2, -0.15) is 0 Å². The zero-order chi connectivity index (χ0) is 55.0. The molecule has 3 aromatic heterocycles. The molecule has 0 saturated carbocycles. The van der Waals surface area contributed by atoms with Crippen LogP contribution in [-0.2, 0) is 0 Å². The van der Waals surface area contributed by atoms with Crippen LogP contribution < -0.4 is 26.2 Å². The van der Waals surface area contributed by atoms with Crippen LogP contribution >= 0.6 is 0 Å². The fourth-order valence-electron chi connectivity index (χ4n) is 14.4. The van der Waals surface area contributed by atoms with E-state index < -0.39 is 0 Å². The third kappa shape index (κ3) is 6.79. The number of hydrogen-bond acceptors (Lipinski definition) is 2. The Kier molecular flexibility index (Phi) is 10.1. The first-order valence-electron chi connectivity index (χ1n) is 29.0. The summed E-state index contributed by atoms with van der Waals surface area (Å²) in [5.74, 6) is 0. The molecule has 6 heteroatoms. The quantitative estimate of drug-likeness (QED) is 0.148. The molecule has 0 radical (unpaired) electrons. The van der Waals surface area contributed by atoms with Gasteiger partial charge in [0.1, 0.15) is 0 Å². The lowest BCUT2D eigenvalue weighted by Crippen LogP contribution is -2.61. The molecule has 2 aliphatic rings. The summed E-state index contributed by atoms with van der Waals surface area (Å²) in [4.78, 5) is 5.20. The van der Waals surface area contributed by atoms with Crippen LogP contribution in [0.3, 0.4) is 0 Å². The number of benzene rings is 13. The highest BCUT2D eigenvalue weighted by Gasteiger charge is 2.45. The lowest BCUT2D eigenvalue weighted by Gasteiger charge is -2.45. The fourth-order valence-corrected chi connectivity index (χ4v) is 14.4. The standard InChI is InChI=1S/C78H50BN5/c1-4-20-51(21-5-1)53-36-40-56(41-37-53)81-73-48-58(82-67-31-15-10-26-60(67)61-27-11-16-32-68(61)82)44-45-65(73)79-66-46-47-72-76(64-30-14-19-35-71(64)80(72)55-24-8-3-9-25-55)78(66)84(57-42-38-54(39-43-57)52-22-6-2-7-23-52)75-50-59(49-74(81)77(75)79)83-69-33-17-12-28-62(69)63-29-13-18-34-70(63)83/h1-50H. The van der Waals surface area contributed by atoms with E-state index in [9.17, 15) is 0 Å². The molecule has 5 heterocycles. The van der Waals surface area contributed by atoms with E-state index >= 15 is 0 Å². The molecule has 18 rings (SSSR count). The van der Waals surface area contributed by atoms with Gasteiger partial charge in [-0.25, -0.2) is 0 Å². The van der Waals surface area contributed by atoms with Crippen LogP contribution in [0.2, 0.25) is 0 Å². The molecule has 84 heavy (non-hydrogen) atoms. The summed E-state index contributed by atoms with van der Waals surface area (Å²) in [7, 11) is 0. The van der Waals surface area contributed by atoms with Crippen LogP contribution in [0.5, 0.6) is 0 Å². The van der Waals surface area contributed by atoms with Crippen LogP contribution in [0.1, 0.15) is 0 Å². The Morgan fingerprint density at radius 3 is 1.12 bits per heavy atom. The van der Waals surface area contributed by atoms with E-state index in [-0.39, 0.29) is 6.71 Å². The predicted molar refractivity (Wildman–Crippen MR) is 354 cm³/mol. The number of aromatic nitrogens is 3. The Balaban J connectivity index is 0.994. The van der Waals surface area contributed by atoms with Crippen molar-refractivity contribution in [1.82, 2.24) is 13.7 Å². The molecule has 0 spiro atoms. The van der Waals surface area contributed by atoms with Crippen molar-refractivity contribution in [2.75, 3.05) is 9.80 Å².